The molecular weight excluding hydrogens is 260 g/mol. The van der Waals surface area contributed by atoms with E-state index in [1.54, 1.807) is 0 Å². The van der Waals surface area contributed by atoms with Crippen molar-refractivity contribution in [3.8, 4) is 5.75 Å². The van der Waals surface area contributed by atoms with E-state index >= 15 is 0 Å². The Morgan fingerprint density at radius 1 is 1.05 bits per heavy atom. The Morgan fingerprint density at radius 2 is 1.67 bits per heavy atom. The zero-order valence-corrected chi connectivity index (χ0v) is 13.1. The molecule has 0 aliphatic heterocycles. The van der Waals surface area contributed by atoms with Crippen molar-refractivity contribution in [3.63, 3.8) is 0 Å². The second kappa shape index (κ2) is 6.13. The number of hydrogen-bond donors (Lipinski definition) is 0. The normalized spacial score (nSPS) is 11.2. The fraction of sp³-hybridized carbons (Fsp3) is 0.316. The molecule has 0 saturated carbocycles. The van der Waals surface area contributed by atoms with Gasteiger partial charge in [-0.1, -0.05) is 30.3 Å². The van der Waals surface area contributed by atoms with Crippen molar-refractivity contribution in [2.45, 2.75) is 39.7 Å². The van der Waals surface area contributed by atoms with Crippen molar-refractivity contribution >= 4 is 6.29 Å². The smallest absolute Gasteiger partial charge is 0.129 e. The van der Waals surface area contributed by atoms with E-state index < -0.39 is 5.41 Å². The molecule has 0 fully saturated rings. The van der Waals surface area contributed by atoms with Gasteiger partial charge in [0.05, 0.1) is 0 Å². The fourth-order valence-corrected chi connectivity index (χ4v) is 2.29. The third kappa shape index (κ3) is 3.52. The van der Waals surface area contributed by atoms with Crippen LogP contribution in [0.3, 0.4) is 0 Å². The molecule has 0 unspecified atom stereocenters. The van der Waals surface area contributed by atoms with Crippen LogP contribution in [0.2, 0.25) is 0 Å². The molecule has 2 aromatic carbocycles. The van der Waals surface area contributed by atoms with E-state index in [2.05, 4.69) is 32.0 Å². The minimum Gasteiger partial charge on any atom is -0.489 e. The Balaban J connectivity index is 2.18. The summed E-state index contributed by atoms with van der Waals surface area (Å²) in [5.41, 5.74) is 4.17. The second-order valence-electron chi connectivity index (χ2n) is 6.03. The van der Waals surface area contributed by atoms with Gasteiger partial charge in [0.1, 0.15) is 18.6 Å². The molecule has 0 aromatic heterocycles. The molecule has 0 heterocycles. The third-order valence-corrected chi connectivity index (χ3v) is 3.90. The van der Waals surface area contributed by atoms with Gasteiger partial charge in [0, 0.05) is 5.41 Å². The van der Waals surface area contributed by atoms with Crippen molar-refractivity contribution in [1.29, 1.82) is 0 Å². The minimum atomic E-state index is -0.488. The Morgan fingerprint density at radius 3 is 2.29 bits per heavy atom. The van der Waals surface area contributed by atoms with Gasteiger partial charge in [0.15, 0.2) is 0 Å². The van der Waals surface area contributed by atoms with E-state index in [-0.39, 0.29) is 0 Å². The van der Waals surface area contributed by atoms with E-state index in [1.807, 2.05) is 38.1 Å². The maximum Gasteiger partial charge on any atom is 0.129 e. The van der Waals surface area contributed by atoms with Gasteiger partial charge >= 0.3 is 0 Å². The van der Waals surface area contributed by atoms with Gasteiger partial charge in [-0.2, -0.15) is 0 Å². The number of aldehydes is 1. The summed E-state index contributed by atoms with van der Waals surface area (Å²) in [6.07, 6.45) is 0.970. The summed E-state index contributed by atoms with van der Waals surface area (Å²) in [5, 5.41) is 0. The first kappa shape index (κ1) is 15.3. The average Bonchev–Trinajstić information content (AvgIpc) is 2.47. The maximum absolute atomic E-state index is 11.2. The molecule has 0 bridgehead atoms. The Bertz CT molecular complexity index is 622. The molecule has 2 rings (SSSR count). The first-order valence-electron chi connectivity index (χ1n) is 7.19. The van der Waals surface area contributed by atoms with Crippen molar-refractivity contribution in [2.24, 2.45) is 0 Å². The molecule has 0 amide bonds. The quantitative estimate of drug-likeness (QED) is 0.762. The summed E-state index contributed by atoms with van der Waals surface area (Å²) >= 11 is 0. The number of ether oxygens (including phenoxy) is 1. The SMILES string of the molecule is Cc1cccc(C)c1COc1cccc(C(C)(C)C=O)c1. The number of carbonyl (C=O) groups is 1. The molecule has 0 atom stereocenters. The predicted molar refractivity (Wildman–Crippen MR) is 85.8 cm³/mol. The average molecular weight is 282 g/mol. The highest BCUT2D eigenvalue weighted by Gasteiger charge is 2.19. The van der Waals surface area contributed by atoms with E-state index in [0.717, 1.165) is 17.6 Å². The topological polar surface area (TPSA) is 26.3 Å². The summed E-state index contributed by atoms with van der Waals surface area (Å²) in [5.74, 6) is 0.796. The molecule has 0 spiro atoms. The van der Waals surface area contributed by atoms with E-state index in [0.29, 0.717) is 6.61 Å². The molecule has 0 aliphatic carbocycles. The summed E-state index contributed by atoms with van der Waals surface area (Å²) in [7, 11) is 0. The Labute approximate surface area is 126 Å². The summed E-state index contributed by atoms with van der Waals surface area (Å²) in [4.78, 5) is 11.2. The van der Waals surface area contributed by atoms with E-state index in [9.17, 15) is 4.79 Å². The molecule has 0 aliphatic rings. The molecule has 110 valence electrons. The molecule has 0 saturated heterocycles. The molecular formula is C19H22O2. The fourth-order valence-electron chi connectivity index (χ4n) is 2.29. The highest BCUT2D eigenvalue weighted by molar-refractivity contribution is 5.67. The third-order valence-electron chi connectivity index (χ3n) is 3.90. The highest BCUT2D eigenvalue weighted by Crippen LogP contribution is 2.25. The monoisotopic (exact) mass is 282 g/mol. The van der Waals surface area contributed by atoms with E-state index in [4.69, 9.17) is 4.74 Å². The Kier molecular flexibility index (Phi) is 4.46. The van der Waals surface area contributed by atoms with E-state index in [1.165, 1.54) is 16.7 Å². The van der Waals surface area contributed by atoms with Gasteiger partial charge in [-0.25, -0.2) is 0 Å². The molecule has 2 aromatic rings. The summed E-state index contributed by atoms with van der Waals surface area (Å²) < 4.78 is 5.92. The lowest BCUT2D eigenvalue weighted by Gasteiger charge is -2.18. The highest BCUT2D eigenvalue weighted by atomic mass is 16.5. The van der Waals surface area contributed by atoms with Gasteiger partial charge in [-0.3, -0.25) is 0 Å². The van der Waals surface area contributed by atoms with Gasteiger partial charge in [-0.15, -0.1) is 0 Å². The maximum atomic E-state index is 11.2. The lowest BCUT2D eigenvalue weighted by atomic mass is 9.86. The van der Waals surface area contributed by atoms with Crippen molar-refractivity contribution in [2.75, 3.05) is 0 Å². The van der Waals surface area contributed by atoms with Crippen LogP contribution in [0.1, 0.15) is 36.1 Å². The van der Waals surface area contributed by atoms with Crippen LogP contribution >= 0.6 is 0 Å². The van der Waals surface area contributed by atoms with Crippen LogP contribution in [0.25, 0.3) is 0 Å². The number of rotatable bonds is 5. The lowest BCUT2D eigenvalue weighted by Crippen LogP contribution is -2.18. The van der Waals surface area contributed by atoms with Crippen LogP contribution in [-0.4, -0.2) is 6.29 Å². The van der Waals surface area contributed by atoms with Gasteiger partial charge in [0.2, 0.25) is 0 Å². The minimum absolute atomic E-state index is 0.488. The molecule has 2 nitrogen and oxygen atoms in total. The number of aryl methyl sites for hydroxylation is 2. The van der Waals surface area contributed by atoms with Crippen molar-refractivity contribution < 1.29 is 9.53 Å². The zero-order chi connectivity index (χ0) is 15.5. The zero-order valence-electron chi connectivity index (χ0n) is 13.1. The number of carbonyl (C=O) groups excluding carboxylic acids is 1. The van der Waals surface area contributed by atoms with Crippen LogP contribution in [0.5, 0.6) is 5.75 Å². The van der Waals surface area contributed by atoms with Crippen molar-refractivity contribution in [3.05, 3.63) is 64.7 Å². The van der Waals surface area contributed by atoms with Crippen molar-refractivity contribution in [1.82, 2.24) is 0 Å². The number of hydrogen-bond acceptors (Lipinski definition) is 2. The second-order valence-corrected chi connectivity index (χ2v) is 6.03. The molecule has 21 heavy (non-hydrogen) atoms. The van der Waals surface area contributed by atoms with Crippen LogP contribution in [0.15, 0.2) is 42.5 Å². The van der Waals surface area contributed by atoms with Gasteiger partial charge in [0.25, 0.3) is 0 Å². The summed E-state index contributed by atoms with van der Waals surface area (Å²) in [6.45, 7) is 8.55. The van der Waals surface area contributed by atoms with Crippen LogP contribution < -0.4 is 4.74 Å². The van der Waals surface area contributed by atoms with Crippen LogP contribution in [0, 0.1) is 13.8 Å². The number of benzene rings is 2. The van der Waals surface area contributed by atoms with Crippen LogP contribution in [-0.2, 0) is 16.8 Å². The lowest BCUT2D eigenvalue weighted by molar-refractivity contribution is -0.111. The van der Waals surface area contributed by atoms with Gasteiger partial charge < -0.3 is 9.53 Å². The summed E-state index contributed by atoms with van der Waals surface area (Å²) in [6, 6.07) is 14.0. The molecule has 0 N–H and O–H groups in total. The standard InChI is InChI=1S/C19H22O2/c1-14-7-5-8-15(2)18(14)12-21-17-10-6-9-16(11-17)19(3,4)13-20/h5-11,13H,12H2,1-4H3. The van der Waals surface area contributed by atoms with Gasteiger partial charge in [-0.05, 0) is 62.1 Å². The predicted octanol–water partition coefficient (Wildman–Crippen LogP) is 4.36. The first-order chi connectivity index (χ1) is 9.94. The molecule has 0 radical (unpaired) electrons. The Hall–Kier alpha value is -2.09. The largest absolute Gasteiger partial charge is 0.489 e. The van der Waals surface area contributed by atoms with Crippen LogP contribution in [0.4, 0.5) is 0 Å². The molecule has 2 heteroatoms. The first-order valence-corrected chi connectivity index (χ1v) is 7.19.